The number of likely N-dealkylation sites (tertiary alicyclic amines) is 1. The molecule has 1 amide bonds. The first-order valence-electron chi connectivity index (χ1n) is 6.62. The summed E-state index contributed by atoms with van der Waals surface area (Å²) in [6.45, 7) is 1.74. The van der Waals surface area contributed by atoms with Gasteiger partial charge in [0, 0.05) is 13.1 Å². The van der Waals surface area contributed by atoms with E-state index in [2.05, 4.69) is 5.32 Å². The van der Waals surface area contributed by atoms with Crippen LogP contribution < -0.4 is 14.8 Å². The van der Waals surface area contributed by atoms with Crippen molar-refractivity contribution in [1.29, 1.82) is 0 Å². The fourth-order valence-electron chi connectivity index (χ4n) is 2.62. The highest BCUT2D eigenvalue weighted by atomic mass is 16.7. The van der Waals surface area contributed by atoms with Crippen molar-refractivity contribution in [2.24, 2.45) is 0 Å². The molecule has 0 bridgehead atoms. The van der Waals surface area contributed by atoms with E-state index >= 15 is 0 Å². The van der Waals surface area contributed by atoms with Crippen LogP contribution in [0.4, 0.5) is 0 Å². The lowest BCUT2D eigenvalue weighted by Gasteiger charge is -2.32. The SMILES string of the molecule is CNC1CCCN(Cc2ccc3c(c2)OCO3)C1=O. The molecule has 0 spiro atoms. The monoisotopic (exact) mass is 262 g/mol. The number of nitrogens with one attached hydrogen (secondary N) is 1. The molecule has 19 heavy (non-hydrogen) atoms. The molecule has 1 N–H and O–H groups in total. The first-order valence-corrected chi connectivity index (χ1v) is 6.62. The molecule has 0 aromatic heterocycles. The summed E-state index contributed by atoms with van der Waals surface area (Å²) in [5.74, 6) is 1.74. The molecule has 1 aromatic rings. The smallest absolute Gasteiger partial charge is 0.239 e. The van der Waals surface area contributed by atoms with E-state index in [1.165, 1.54) is 0 Å². The summed E-state index contributed by atoms with van der Waals surface area (Å²) in [5, 5.41) is 3.08. The molecule has 3 rings (SSSR count). The van der Waals surface area contributed by atoms with Crippen molar-refractivity contribution in [3.8, 4) is 11.5 Å². The number of rotatable bonds is 3. The van der Waals surface area contributed by atoms with E-state index in [9.17, 15) is 4.79 Å². The lowest BCUT2D eigenvalue weighted by atomic mass is 10.0. The van der Waals surface area contributed by atoms with Gasteiger partial charge in [-0.05, 0) is 37.6 Å². The van der Waals surface area contributed by atoms with Crippen molar-refractivity contribution < 1.29 is 14.3 Å². The van der Waals surface area contributed by atoms with Gasteiger partial charge in [-0.15, -0.1) is 0 Å². The van der Waals surface area contributed by atoms with Crippen molar-refractivity contribution >= 4 is 5.91 Å². The second-order valence-corrected chi connectivity index (χ2v) is 4.93. The average Bonchev–Trinajstić information content (AvgIpc) is 2.88. The third-order valence-corrected chi connectivity index (χ3v) is 3.69. The Labute approximate surface area is 112 Å². The quantitative estimate of drug-likeness (QED) is 0.887. The van der Waals surface area contributed by atoms with E-state index in [4.69, 9.17) is 9.47 Å². The molecule has 1 aromatic carbocycles. The summed E-state index contributed by atoms with van der Waals surface area (Å²) in [6.07, 6.45) is 1.97. The molecule has 2 aliphatic rings. The van der Waals surface area contributed by atoms with Gasteiger partial charge >= 0.3 is 0 Å². The maximum atomic E-state index is 12.2. The van der Waals surface area contributed by atoms with E-state index in [-0.39, 0.29) is 18.7 Å². The summed E-state index contributed by atoms with van der Waals surface area (Å²) < 4.78 is 10.6. The van der Waals surface area contributed by atoms with Crippen molar-refractivity contribution in [2.75, 3.05) is 20.4 Å². The molecule has 2 heterocycles. The first-order chi connectivity index (χ1) is 9.28. The molecule has 5 nitrogen and oxygen atoms in total. The number of ether oxygens (including phenoxy) is 2. The van der Waals surface area contributed by atoms with Gasteiger partial charge in [-0.1, -0.05) is 6.07 Å². The highest BCUT2D eigenvalue weighted by Gasteiger charge is 2.27. The zero-order valence-corrected chi connectivity index (χ0v) is 11.0. The molecule has 1 unspecified atom stereocenters. The molecule has 5 heteroatoms. The largest absolute Gasteiger partial charge is 0.454 e. The maximum absolute atomic E-state index is 12.2. The Morgan fingerprint density at radius 1 is 1.37 bits per heavy atom. The van der Waals surface area contributed by atoms with Crippen LogP contribution in [0, 0.1) is 0 Å². The third kappa shape index (κ3) is 2.38. The number of nitrogens with zero attached hydrogens (tertiary/aromatic N) is 1. The second kappa shape index (κ2) is 5.09. The summed E-state index contributed by atoms with van der Waals surface area (Å²) in [5.41, 5.74) is 1.08. The third-order valence-electron chi connectivity index (χ3n) is 3.69. The highest BCUT2D eigenvalue weighted by Crippen LogP contribution is 2.33. The molecule has 102 valence electrons. The van der Waals surface area contributed by atoms with Gasteiger partial charge in [0.05, 0.1) is 6.04 Å². The number of amides is 1. The van der Waals surface area contributed by atoms with Gasteiger partial charge in [0.25, 0.3) is 0 Å². The molecule has 1 saturated heterocycles. The molecule has 1 atom stereocenters. The van der Waals surface area contributed by atoms with Crippen LogP contribution in [0.15, 0.2) is 18.2 Å². The van der Waals surface area contributed by atoms with Gasteiger partial charge in [-0.2, -0.15) is 0 Å². The number of carbonyl (C=O) groups excluding carboxylic acids is 1. The molecule has 0 radical (unpaired) electrons. The van der Waals surface area contributed by atoms with Crippen LogP contribution in [0.2, 0.25) is 0 Å². The highest BCUT2D eigenvalue weighted by molar-refractivity contribution is 5.82. The molecule has 0 aliphatic carbocycles. The van der Waals surface area contributed by atoms with E-state index in [0.29, 0.717) is 6.54 Å². The van der Waals surface area contributed by atoms with Crippen LogP contribution in [0.5, 0.6) is 11.5 Å². The van der Waals surface area contributed by atoms with Gasteiger partial charge in [0.2, 0.25) is 12.7 Å². The Balaban J connectivity index is 1.72. The lowest BCUT2D eigenvalue weighted by molar-refractivity contribution is -0.136. The van der Waals surface area contributed by atoms with Crippen molar-refractivity contribution in [2.45, 2.75) is 25.4 Å². The number of piperidine rings is 1. The Hall–Kier alpha value is -1.75. The van der Waals surface area contributed by atoms with Crippen LogP contribution in [0.25, 0.3) is 0 Å². The average molecular weight is 262 g/mol. The number of likely N-dealkylation sites (N-methyl/N-ethyl adjacent to an activating group) is 1. The van der Waals surface area contributed by atoms with E-state index in [1.807, 2.05) is 30.1 Å². The van der Waals surface area contributed by atoms with E-state index < -0.39 is 0 Å². The van der Waals surface area contributed by atoms with Crippen LogP contribution in [0.3, 0.4) is 0 Å². The van der Waals surface area contributed by atoms with Crippen LogP contribution >= 0.6 is 0 Å². The fraction of sp³-hybridized carbons (Fsp3) is 0.500. The standard InChI is InChI=1S/C14H18N2O3/c1-15-11-3-2-6-16(14(11)17)8-10-4-5-12-13(7-10)19-9-18-12/h4-5,7,11,15H,2-3,6,8-9H2,1H3. The number of benzene rings is 1. The van der Waals surface area contributed by atoms with Crippen molar-refractivity contribution in [3.63, 3.8) is 0 Å². The maximum Gasteiger partial charge on any atom is 0.239 e. The van der Waals surface area contributed by atoms with Gasteiger partial charge in [-0.25, -0.2) is 0 Å². The summed E-state index contributed by atoms with van der Waals surface area (Å²) >= 11 is 0. The van der Waals surface area contributed by atoms with E-state index in [1.54, 1.807) is 0 Å². The van der Waals surface area contributed by atoms with Crippen molar-refractivity contribution in [3.05, 3.63) is 23.8 Å². The predicted octanol–water partition coefficient (Wildman–Crippen LogP) is 1.13. The van der Waals surface area contributed by atoms with Gasteiger partial charge < -0.3 is 19.7 Å². The topological polar surface area (TPSA) is 50.8 Å². The summed E-state index contributed by atoms with van der Waals surface area (Å²) in [6, 6.07) is 5.81. The molecule has 0 saturated carbocycles. The van der Waals surface area contributed by atoms with Crippen LogP contribution in [-0.4, -0.2) is 37.2 Å². The lowest BCUT2D eigenvalue weighted by Crippen LogP contribution is -2.49. The predicted molar refractivity (Wildman–Crippen MR) is 70.1 cm³/mol. The van der Waals surface area contributed by atoms with Gasteiger partial charge in [-0.3, -0.25) is 4.79 Å². The number of carbonyl (C=O) groups is 1. The minimum Gasteiger partial charge on any atom is -0.454 e. The Kier molecular flexibility index (Phi) is 3.29. The minimum absolute atomic E-state index is 0.0391. The Bertz CT molecular complexity index is 490. The van der Waals surface area contributed by atoms with Crippen LogP contribution in [-0.2, 0) is 11.3 Å². The minimum atomic E-state index is -0.0391. The number of hydrogen-bond donors (Lipinski definition) is 1. The number of fused-ring (bicyclic) bond motifs is 1. The Morgan fingerprint density at radius 3 is 3.05 bits per heavy atom. The molecular formula is C14H18N2O3. The van der Waals surface area contributed by atoms with Crippen LogP contribution in [0.1, 0.15) is 18.4 Å². The Morgan fingerprint density at radius 2 is 2.21 bits per heavy atom. The normalized spacial score (nSPS) is 21.8. The first kappa shape index (κ1) is 12.3. The molecule has 1 fully saturated rings. The summed E-state index contributed by atoms with van der Waals surface area (Å²) in [7, 11) is 1.84. The van der Waals surface area contributed by atoms with E-state index in [0.717, 1.165) is 36.4 Å². The zero-order valence-electron chi connectivity index (χ0n) is 11.0. The fourth-order valence-corrected chi connectivity index (χ4v) is 2.62. The molecular weight excluding hydrogens is 244 g/mol. The van der Waals surface area contributed by atoms with Crippen molar-refractivity contribution in [1.82, 2.24) is 10.2 Å². The number of hydrogen-bond acceptors (Lipinski definition) is 4. The van der Waals surface area contributed by atoms with Gasteiger partial charge in [0.1, 0.15) is 0 Å². The summed E-state index contributed by atoms with van der Waals surface area (Å²) in [4.78, 5) is 14.1. The second-order valence-electron chi connectivity index (χ2n) is 4.93. The van der Waals surface area contributed by atoms with Gasteiger partial charge in [0.15, 0.2) is 11.5 Å². The molecule has 2 aliphatic heterocycles. The zero-order chi connectivity index (χ0) is 13.2.